The predicted octanol–water partition coefficient (Wildman–Crippen LogP) is 3.04. The van der Waals surface area contributed by atoms with Crippen molar-refractivity contribution in [2.75, 3.05) is 20.1 Å². The molecule has 1 saturated heterocycles. The monoisotopic (exact) mass is 474 g/mol. The van der Waals surface area contributed by atoms with Gasteiger partial charge in [0.2, 0.25) is 11.8 Å². The van der Waals surface area contributed by atoms with E-state index in [2.05, 4.69) is 5.10 Å². The Balaban J connectivity index is 1.62. The molecule has 2 N–H and O–H groups in total. The average molecular weight is 475 g/mol. The van der Waals surface area contributed by atoms with E-state index < -0.39 is 22.7 Å². The van der Waals surface area contributed by atoms with Crippen molar-refractivity contribution in [3.8, 4) is 0 Å². The summed E-state index contributed by atoms with van der Waals surface area (Å²) in [5.74, 6) is -1.32. The van der Waals surface area contributed by atoms with Crippen LogP contribution >= 0.6 is 0 Å². The lowest BCUT2D eigenvalue weighted by Crippen LogP contribution is -2.58. The molecule has 0 bridgehead atoms. The molecule has 3 amide bonds. The van der Waals surface area contributed by atoms with Crippen molar-refractivity contribution in [1.82, 2.24) is 9.91 Å². The van der Waals surface area contributed by atoms with Gasteiger partial charge >= 0.3 is 0 Å². The van der Waals surface area contributed by atoms with Gasteiger partial charge in [0.1, 0.15) is 5.41 Å². The van der Waals surface area contributed by atoms with E-state index in [-0.39, 0.29) is 18.4 Å². The maximum atomic E-state index is 14.0. The third kappa shape index (κ3) is 4.72. The fourth-order valence-electron chi connectivity index (χ4n) is 5.36. The molecule has 0 spiro atoms. The summed E-state index contributed by atoms with van der Waals surface area (Å²) < 4.78 is 0. The average Bonchev–Trinajstić information content (AvgIpc) is 3.09. The van der Waals surface area contributed by atoms with Gasteiger partial charge in [-0.1, -0.05) is 74.5 Å². The van der Waals surface area contributed by atoms with Gasteiger partial charge in [0.15, 0.2) is 0 Å². The topological polar surface area (TPSA) is 96.1 Å². The molecule has 184 valence electrons. The molecule has 7 nitrogen and oxygen atoms in total. The van der Waals surface area contributed by atoms with Gasteiger partial charge in [-0.3, -0.25) is 14.4 Å². The van der Waals surface area contributed by atoms with Crippen LogP contribution in [0.3, 0.4) is 0 Å². The number of nitrogens with two attached hydrogens (primary N) is 1. The molecule has 2 atom stereocenters. The molecule has 0 aromatic heterocycles. The van der Waals surface area contributed by atoms with Gasteiger partial charge in [-0.15, -0.1) is 0 Å². The van der Waals surface area contributed by atoms with Gasteiger partial charge in [-0.2, -0.15) is 5.10 Å². The Morgan fingerprint density at radius 2 is 1.66 bits per heavy atom. The molecule has 0 radical (unpaired) electrons. The fourth-order valence-corrected chi connectivity index (χ4v) is 5.36. The fraction of sp³-hybridized carbons (Fsp3) is 0.429. The SMILES string of the molecule is CN1N=C2CCN(C(=O)[C@H](CCc3ccccc3)C(C)(C)C(N)=O)C[C@@]2(Cc2ccccc2)C1=O. The number of hydrogen-bond donors (Lipinski definition) is 1. The molecule has 2 aromatic carbocycles. The number of carbonyl (C=O) groups excluding carboxylic acids is 3. The Morgan fingerprint density at radius 1 is 1.06 bits per heavy atom. The van der Waals surface area contributed by atoms with Crippen molar-refractivity contribution in [2.24, 2.45) is 27.6 Å². The van der Waals surface area contributed by atoms with Crippen LogP contribution in [-0.4, -0.2) is 53.5 Å². The molecular formula is C28H34N4O3. The Hall–Kier alpha value is -3.48. The standard InChI is InChI=1S/C28H34N4O3/c1-27(2,25(29)34)22(15-14-20-10-6-4-7-11-20)24(33)32-17-16-23-28(19-32,26(35)31(3)30-23)18-21-12-8-5-9-13-21/h4-13,22H,14-19H2,1-3H3,(H2,29,34)/t22-,28+/m0/s1. The van der Waals surface area contributed by atoms with Gasteiger partial charge in [0.25, 0.3) is 5.91 Å². The number of nitrogens with zero attached hydrogens (tertiary/aromatic N) is 3. The molecule has 2 aliphatic rings. The normalized spacial score (nSPS) is 20.9. The molecule has 2 aliphatic heterocycles. The first kappa shape index (κ1) is 24.6. The summed E-state index contributed by atoms with van der Waals surface area (Å²) >= 11 is 0. The van der Waals surface area contributed by atoms with Crippen LogP contribution in [0.25, 0.3) is 0 Å². The second-order valence-corrected chi connectivity index (χ2v) is 10.3. The van der Waals surface area contributed by atoms with E-state index in [4.69, 9.17) is 5.73 Å². The van der Waals surface area contributed by atoms with Crippen LogP contribution in [0.4, 0.5) is 0 Å². The first-order valence-electron chi connectivity index (χ1n) is 12.2. The van der Waals surface area contributed by atoms with Crippen LogP contribution in [0.2, 0.25) is 0 Å². The van der Waals surface area contributed by atoms with Crippen LogP contribution in [-0.2, 0) is 27.2 Å². The zero-order valence-corrected chi connectivity index (χ0v) is 20.7. The smallest absolute Gasteiger partial charge is 0.256 e. The summed E-state index contributed by atoms with van der Waals surface area (Å²) in [5.41, 5.74) is 6.82. The zero-order valence-electron chi connectivity index (χ0n) is 20.7. The highest BCUT2D eigenvalue weighted by atomic mass is 16.2. The van der Waals surface area contributed by atoms with Gasteiger partial charge in [-0.05, 0) is 30.4 Å². The molecule has 35 heavy (non-hydrogen) atoms. The summed E-state index contributed by atoms with van der Waals surface area (Å²) in [5, 5.41) is 5.95. The van der Waals surface area contributed by atoms with E-state index in [0.717, 1.165) is 16.8 Å². The van der Waals surface area contributed by atoms with Crippen LogP contribution in [0.1, 0.15) is 37.8 Å². The predicted molar refractivity (Wildman–Crippen MR) is 135 cm³/mol. The number of rotatable bonds is 8. The number of aryl methyl sites for hydroxylation is 1. The number of amides is 3. The number of piperidine rings is 1. The highest BCUT2D eigenvalue weighted by molar-refractivity contribution is 6.13. The first-order chi connectivity index (χ1) is 16.6. The van der Waals surface area contributed by atoms with Crippen LogP contribution in [0.5, 0.6) is 0 Å². The number of carbonyl (C=O) groups is 3. The maximum absolute atomic E-state index is 14.0. The van der Waals surface area contributed by atoms with Gasteiger partial charge < -0.3 is 10.6 Å². The number of likely N-dealkylation sites (tertiary alicyclic amines) is 1. The Labute approximate surface area is 207 Å². The van der Waals surface area contributed by atoms with Crippen molar-refractivity contribution in [1.29, 1.82) is 0 Å². The van der Waals surface area contributed by atoms with E-state index in [1.807, 2.05) is 60.7 Å². The zero-order chi connectivity index (χ0) is 25.2. The largest absolute Gasteiger partial charge is 0.369 e. The summed E-state index contributed by atoms with van der Waals surface area (Å²) in [6, 6.07) is 19.8. The van der Waals surface area contributed by atoms with Crippen LogP contribution < -0.4 is 5.73 Å². The molecule has 0 aliphatic carbocycles. The second-order valence-electron chi connectivity index (χ2n) is 10.3. The summed E-state index contributed by atoms with van der Waals surface area (Å²) in [7, 11) is 1.67. The quantitative estimate of drug-likeness (QED) is 0.637. The van der Waals surface area contributed by atoms with Crippen molar-refractivity contribution in [3.05, 3.63) is 71.8 Å². The maximum Gasteiger partial charge on any atom is 0.256 e. The summed E-state index contributed by atoms with van der Waals surface area (Å²) in [6.07, 6.45) is 2.16. The minimum Gasteiger partial charge on any atom is -0.369 e. The molecular weight excluding hydrogens is 440 g/mol. The first-order valence-corrected chi connectivity index (χ1v) is 12.2. The number of hydrogen-bond acceptors (Lipinski definition) is 4. The Bertz CT molecular complexity index is 1130. The lowest BCUT2D eigenvalue weighted by molar-refractivity contribution is -0.148. The van der Waals surface area contributed by atoms with Gasteiger partial charge in [-0.25, -0.2) is 5.01 Å². The van der Waals surface area contributed by atoms with E-state index >= 15 is 0 Å². The van der Waals surface area contributed by atoms with E-state index in [0.29, 0.717) is 32.2 Å². The molecule has 1 fully saturated rings. The van der Waals surface area contributed by atoms with E-state index in [9.17, 15) is 14.4 Å². The molecule has 7 heteroatoms. The Morgan fingerprint density at radius 3 is 2.26 bits per heavy atom. The summed E-state index contributed by atoms with van der Waals surface area (Å²) in [6.45, 7) is 4.20. The Kier molecular flexibility index (Phi) is 6.79. The highest BCUT2D eigenvalue weighted by Crippen LogP contribution is 2.40. The van der Waals surface area contributed by atoms with Crippen LogP contribution in [0.15, 0.2) is 65.8 Å². The molecule has 2 aromatic rings. The van der Waals surface area contributed by atoms with Crippen molar-refractivity contribution < 1.29 is 14.4 Å². The number of hydrazone groups is 1. The number of benzene rings is 2. The second kappa shape index (κ2) is 9.64. The minimum atomic E-state index is -1.02. The van der Waals surface area contributed by atoms with Gasteiger partial charge in [0, 0.05) is 26.6 Å². The molecule has 0 unspecified atom stereocenters. The third-order valence-electron chi connectivity index (χ3n) is 7.63. The molecule has 4 rings (SSSR count). The summed E-state index contributed by atoms with van der Waals surface area (Å²) in [4.78, 5) is 41.6. The molecule has 0 saturated carbocycles. The lowest BCUT2D eigenvalue weighted by Gasteiger charge is -2.42. The minimum absolute atomic E-state index is 0.0937. The van der Waals surface area contributed by atoms with E-state index in [1.165, 1.54) is 5.01 Å². The van der Waals surface area contributed by atoms with Crippen LogP contribution in [0, 0.1) is 16.7 Å². The van der Waals surface area contributed by atoms with E-state index in [1.54, 1.807) is 25.8 Å². The third-order valence-corrected chi connectivity index (χ3v) is 7.63. The van der Waals surface area contributed by atoms with Crippen molar-refractivity contribution >= 4 is 23.4 Å². The van der Waals surface area contributed by atoms with Crippen molar-refractivity contribution in [2.45, 2.75) is 39.5 Å². The molecule has 2 heterocycles. The highest BCUT2D eigenvalue weighted by Gasteiger charge is 2.54. The number of primary amides is 1. The lowest BCUT2D eigenvalue weighted by atomic mass is 9.71. The number of fused-ring (bicyclic) bond motifs is 1. The van der Waals surface area contributed by atoms with Crippen molar-refractivity contribution in [3.63, 3.8) is 0 Å². The van der Waals surface area contributed by atoms with Gasteiger partial charge in [0.05, 0.1) is 17.0 Å².